The molecule has 1 nitrogen and oxygen atoms in total. The molecule has 2 aromatic rings. The van der Waals surface area contributed by atoms with Crippen molar-refractivity contribution in [1.29, 1.82) is 0 Å². The van der Waals surface area contributed by atoms with Gasteiger partial charge in [0, 0.05) is 15.6 Å². The SMILES string of the molecule is Cc1ccc(Cl)cc1NC(C)c1cccs1. The summed E-state index contributed by atoms with van der Waals surface area (Å²) in [6.07, 6.45) is 0. The van der Waals surface area contributed by atoms with Gasteiger partial charge in [-0.3, -0.25) is 0 Å². The van der Waals surface area contributed by atoms with Crippen LogP contribution in [0.4, 0.5) is 5.69 Å². The lowest BCUT2D eigenvalue weighted by Crippen LogP contribution is -2.05. The lowest BCUT2D eigenvalue weighted by atomic mass is 10.1. The van der Waals surface area contributed by atoms with Crippen LogP contribution in [0.3, 0.4) is 0 Å². The number of hydrogen-bond donors (Lipinski definition) is 1. The highest BCUT2D eigenvalue weighted by atomic mass is 35.5. The minimum absolute atomic E-state index is 0.317. The molecule has 0 aliphatic heterocycles. The van der Waals surface area contributed by atoms with Gasteiger partial charge < -0.3 is 5.32 Å². The van der Waals surface area contributed by atoms with E-state index in [1.54, 1.807) is 11.3 Å². The highest BCUT2D eigenvalue weighted by molar-refractivity contribution is 7.10. The predicted molar refractivity (Wildman–Crippen MR) is 72.5 cm³/mol. The molecule has 3 heteroatoms. The van der Waals surface area contributed by atoms with Crippen molar-refractivity contribution in [2.75, 3.05) is 5.32 Å². The Hall–Kier alpha value is -0.990. The Morgan fingerprint density at radius 1 is 1.31 bits per heavy atom. The molecule has 0 saturated heterocycles. The van der Waals surface area contributed by atoms with Crippen LogP contribution in [0.1, 0.15) is 23.4 Å². The Morgan fingerprint density at radius 2 is 2.12 bits per heavy atom. The molecule has 1 unspecified atom stereocenters. The van der Waals surface area contributed by atoms with Crippen LogP contribution in [-0.4, -0.2) is 0 Å². The average molecular weight is 252 g/mol. The minimum atomic E-state index is 0.317. The first-order valence-electron chi connectivity index (χ1n) is 5.23. The van der Waals surface area contributed by atoms with Crippen LogP contribution in [0.15, 0.2) is 35.7 Å². The zero-order chi connectivity index (χ0) is 11.5. The summed E-state index contributed by atoms with van der Waals surface area (Å²) in [6.45, 7) is 4.24. The van der Waals surface area contributed by atoms with E-state index in [0.717, 1.165) is 10.7 Å². The van der Waals surface area contributed by atoms with Crippen LogP contribution in [0, 0.1) is 6.92 Å². The zero-order valence-electron chi connectivity index (χ0n) is 9.33. The third-order valence-corrected chi connectivity index (χ3v) is 3.83. The third-order valence-electron chi connectivity index (χ3n) is 2.54. The van der Waals surface area contributed by atoms with E-state index in [1.807, 2.05) is 18.2 Å². The van der Waals surface area contributed by atoms with E-state index in [2.05, 4.69) is 36.7 Å². The van der Waals surface area contributed by atoms with Crippen LogP contribution in [0.5, 0.6) is 0 Å². The van der Waals surface area contributed by atoms with E-state index < -0.39 is 0 Å². The van der Waals surface area contributed by atoms with E-state index in [1.165, 1.54) is 10.4 Å². The lowest BCUT2D eigenvalue weighted by molar-refractivity contribution is 0.905. The second-order valence-corrected chi connectivity index (χ2v) is 5.26. The average Bonchev–Trinajstić information content (AvgIpc) is 2.76. The number of aryl methyl sites for hydroxylation is 1. The van der Waals surface area contributed by atoms with Crippen molar-refractivity contribution in [3.05, 3.63) is 51.2 Å². The van der Waals surface area contributed by atoms with E-state index in [9.17, 15) is 0 Å². The van der Waals surface area contributed by atoms with Crippen LogP contribution in [0.25, 0.3) is 0 Å². The number of rotatable bonds is 3. The monoisotopic (exact) mass is 251 g/mol. The van der Waals surface area contributed by atoms with Crippen molar-refractivity contribution in [3.8, 4) is 0 Å². The molecule has 2 rings (SSSR count). The van der Waals surface area contributed by atoms with Crippen LogP contribution in [0.2, 0.25) is 5.02 Å². The van der Waals surface area contributed by atoms with Crippen LogP contribution >= 0.6 is 22.9 Å². The van der Waals surface area contributed by atoms with E-state index in [4.69, 9.17) is 11.6 Å². The summed E-state index contributed by atoms with van der Waals surface area (Å²) in [4.78, 5) is 1.33. The highest BCUT2D eigenvalue weighted by Crippen LogP contribution is 2.26. The fourth-order valence-corrected chi connectivity index (χ4v) is 2.50. The van der Waals surface area contributed by atoms with Gasteiger partial charge in [-0.25, -0.2) is 0 Å². The normalized spacial score (nSPS) is 12.4. The highest BCUT2D eigenvalue weighted by Gasteiger charge is 2.07. The summed E-state index contributed by atoms with van der Waals surface area (Å²) in [5, 5.41) is 6.34. The number of hydrogen-bond acceptors (Lipinski definition) is 2. The van der Waals surface area contributed by atoms with Gasteiger partial charge in [0.2, 0.25) is 0 Å². The van der Waals surface area contributed by atoms with Gasteiger partial charge in [0.05, 0.1) is 6.04 Å². The predicted octanol–water partition coefficient (Wildman–Crippen LogP) is 4.88. The number of anilines is 1. The van der Waals surface area contributed by atoms with Gasteiger partial charge in [-0.15, -0.1) is 11.3 Å². The van der Waals surface area contributed by atoms with Crippen molar-refractivity contribution < 1.29 is 0 Å². The molecule has 1 atom stereocenters. The molecule has 0 radical (unpaired) electrons. The van der Waals surface area contributed by atoms with Crippen molar-refractivity contribution in [2.24, 2.45) is 0 Å². The zero-order valence-corrected chi connectivity index (χ0v) is 10.9. The summed E-state index contributed by atoms with van der Waals surface area (Å²) in [7, 11) is 0. The van der Waals surface area contributed by atoms with Gasteiger partial charge in [0.1, 0.15) is 0 Å². The molecular formula is C13H14ClNS. The fraction of sp³-hybridized carbons (Fsp3) is 0.231. The molecule has 1 aromatic heterocycles. The molecule has 1 N–H and O–H groups in total. The number of halogens is 1. The van der Waals surface area contributed by atoms with Crippen molar-refractivity contribution >= 4 is 28.6 Å². The summed E-state index contributed by atoms with van der Waals surface area (Å²) >= 11 is 7.75. The van der Waals surface area contributed by atoms with E-state index in [-0.39, 0.29) is 0 Å². The minimum Gasteiger partial charge on any atom is -0.377 e. The molecule has 0 spiro atoms. The second kappa shape index (κ2) is 4.89. The van der Waals surface area contributed by atoms with E-state index >= 15 is 0 Å². The Kier molecular flexibility index (Phi) is 3.52. The maximum atomic E-state index is 5.99. The number of thiophene rings is 1. The molecule has 16 heavy (non-hydrogen) atoms. The summed E-state index contributed by atoms with van der Waals surface area (Å²) < 4.78 is 0. The van der Waals surface area contributed by atoms with Crippen molar-refractivity contribution in [2.45, 2.75) is 19.9 Å². The maximum absolute atomic E-state index is 5.99. The molecule has 1 aromatic carbocycles. The first-order valence-corrected chi connectivity index (χ1v) is 6.48. The van der Waals surface area contributed by atoms with Gasteiger partial charge in [0.15, 0.2) is 0 Å². The summed E-state index contributed by atoms with van der Waals surface area (Å²) in [5.74, 6) is 0. The van der Waals surface area contributed by atoms with Crippen molar-refractivity contribution in [3.63, 3.8) is 0 Å². The first-order chi connectivity index (χ1) is 7.66. The first kappa shape index (κ1) is 11.5. The largest absolute Gasteiger partial charge is 0.377 e. The maximum Gasteiger partial charge on any atom is 0.0578 e. The molecule has 0 bridgehead atoms. The van der Waals surface area contributed by atoms with Gasteiger partial charge in [-0.1, -0.05) is 23.7 Å². The molecule has 84 valence electrons. The molecule has 0 fully saturated rings. The molecular weight excluding hydrogens is 238 g/mol. The van der Waals surface area contributed by atoms with Gasteiger partial charge in [-0.2, -0.15) is 0 Å². The van der Waals surface area contributed by atoms with Crippen molar-refractivity contribution in [1.82, 2.24) is 0 Å². The van der Waals surface area contributed by atoms with Gasteiger partial charge in [-0.05, 0) is 43.0 Å². The number of benzene rings is 1. The standard InChI is InChI=1S/C13H14ClNS/c1-9-5-6-11(14)8-12(9)15-10(2)13-4-3-7-16-13/h3-8,10,15H,1-2H3. The van der Waals surface area contributed by atoms with Crippen LogP contribution < -0.4 is 5.32 Å². The summed E-state index contributed by atoms with van der Waals surface area (Å²) in [5.41, 5.74) is 2.32. The Bertz CT molecular complexity index is 465. The summed E-state index contributed by atoms with van der Waals surface area (Å²) in [6, 6.07) is 10.5. The number of nitrogens with one attached hydrogen (secondary N) is 1. The van der Waals surface area contributed by atoms with Gasteiger partial charge >= 0.3 is 0 Å². The lowest BCUT2D eigenvalue weighted by Gasteiger charge is -2.16. The second-order valence-electron chi connectivity index (χ2n) is 3.84. The fourth-order valence-electron chi connectivity index (χ4n) is 1.59. The third kappa shape index (κ3) is 2.57. The molecule has 0 aliphatic rings. The molecule has 1 heterocycles. The molecule has 0 aliphatic carbocycles. The topological polar surface area (TPSA) is 12.0 Å². The quantitative estimate of drug-likeness (QED) is 0.820. The van der Waals surface area contributed by atoms with E-state index in [0.29, 0.717) is 6.04 Å². The smallest absolute Gasteiger partial charge is 0.0578 e. The van der Waals surface area contributed by atoms with Gasteiger partial charge in [0.25, 0.3) is 0 Å². The molecule has 0 amide bonds. The Morgan fingerprint density at radius 3 is 2.81 bits per heavy atom. The Labute approximate surface area is 105 Å². The Balaban J connectivity index is 2.17. The molecule has 0 saturated carbocycles. The van der Waals surface area contributed by atoms with Crippen LogP contribution in [-0.2, 0) is 0 Å².